The molecule has 3 aromatic carbocycles. The Hall–Kier alpha value is -3.64. The summed E-state index contributed by atoms with van der Waals surface area (Å²) < 4.78 is 29.7. The van der Waals surface area contributed by atoms with Gasteiger partial charge < -0.3 is 5.11 Å². The summed E-state index contributed by atoms with van der Waals surface area (Å²) in [6.45, 7) is 1.85. The van der Waals surface area contributed by atoms with Gasteiger partial charge in [-0.25, -0.2) is 18.4 Å². The zero-order valence-electron chi connectivity index (χ0n) is 18.8. The second-order valence-electron chi connectivity index (χ2n) is 8.93. The fourth-order valence-electron chi connectivity index (χ4n) is 4.78. The third-order valence-electron chi connectivity index (χ3n) is 6.70. The van der Waals surface area contributed by atoms with Gasteiger partial charge in [0.05, 0.1) is 6.54 Å². The normalized spacial score (nSPS) is 15.2. The molecule has 6 heteroatoms. The van der Waals surface area contributed by atoms with Crippen LogP contribution < -0.4 is 0 Å². The Kier molecular flexibility index (Phi) is 5.84. The number of hydrogen-bond acceptors (Lipinski definition) is 3. The van der Waals surface area contributed by atoms with E-state index in [0.717, 1.165) is 24.1 Å². The number of aromatic nitrogens is 3. The fraction of sp³-hybridized carbons (Fsp3) is 0.214. The van der Waals surface area contributed by atoms with Crippen molar-refractivity contribution in [1.82, 2.24) is 14.8 Å². The molecule has 172 valence electrons. The minimum Gasteiger partial charge on any atom is -0.383 e. The Labute approximate surface area is 197 Å². The number of hydrogen-bond donors (Lipinski definition) is 1. The van der Waals surface area contributed by atoms with E-state index in [1.165, 1.54) is 45.7 Å². The van der Waals surface area contributed by atoms with E-state index in [1.807, 2.05) is 19.1 Å². The third kappa shape index (κ3) is 4.17. The van der Waals surface area contributed by atoms with Gasteiger partial charge in [0, 0.05) is 11.6 Å². The van der Waals surface area contributed by atoms with Crippen LogP contribution in [0.1, 0.15) is 35.6 Å². The average molecular weight is 458 g/mol. The number of aliphatic hydroxyl groups is 1. The molecule has 1 N–H and O–H groups in total. The second-order valence-corrected chi connectivity index (χ2v) is 8.93. The summed E-state index contributed by atoms with van der Waals surface area (Å²) in [5, 5.41) is 15.7. The molecule has 0 bridgehead atoms. The molecule has 1 heterocycles. The lowest BCUT2D eigenvalue weighted by Crippen LogP contribution is -2.39. The van der Waals surface area contributed by atoms with E-state index in [2.05, 4.69) is 52.5 Å². The minimum atomic E-state index is -1.60. The lowest BCUT2D eigenvalue weighted by atomic mass is 9.80. The first-order valence-corrected chi connectivity index (χ1v) is 11.3. The Morgan fingerprint density at radius 2 is 1.88 bits per heavy atom. The van der Waals surface area contributed by atoms with Crippen LogP contribution in [0.15, 0.2) is 79.4 Å². The zero-order chi connectivity index (χ0) is 23.7. The first-order chi connectivity index (χ1) is 16.4. The monoisotopic (exact) mass is 457 g/mol. The highest BCUT2D eigenvalue weighted by Crippen LogP contribution is 2.38. The van der Waals surface area contributed by atoms with Crippen LogP contribution in [0.3, 0.4) is 0 Å². The van der Waals surface area contributed by atoms with Gasteiger partial charge in [-0.2, -0.15) is 5.10 Å². The molecule has 5 rings (SSSR count). The van der Waals surface area contributed by atoms with E-state index in [9.17, 15) is 13.9 Å². The summed E-state index contributed by atoms with van der Waals surface area (Å²) >= 11 is 0. The smallest absolute Gasteiger partial charge is 0.137 e. The minimum absolute atomic E-state index is 0.00165. The summed E-state index contributed by atoms with van der Waals surface area (Å²) in [7, 11) is 0. The molecule has 0 radical (unpaired) electrons. The predicted molar refractivity (Wildman–Crippen MR) is 128 cm³/mol. The highest BCUT2D eigenvalue weighted by Gasteiger charge is 2.38. The largest absolute Gasteiger partial charge is 0.383 e. The predicted octanol–water partition coefficient (Wildman–Crippen LogP) is 5.75. The molecule has 0 fully saturated rings. The molecule has 0 aliphatic heterocycles. The topological polar surface area (TPSA) is 50.9 Å². The van der Waals surface area contributed by atoms with E-state index >= 15 is 0 Å². The molecule has 2 atom stereocenters. The van der Waals surface area contributed by atoms with Gasteiger partial charge in [0.25, 0.3) is 0 Å². The number of benzene rings is 3. The highest BCUT2D eigenvalue weighted by atomic mass is 19.1. The summed E-state index contributed by atoms with van der Waals surface area (Å²) in [6, 6.07) is 18.1. The van der Waals surface area contributed by atoms with Crippen molar-refractivity contribution >= 4 is 6.08 Å². The molecule has 34 heavy (non-hydrogen) atoms. The van der Waals surface area contributed by atoms with Gasteiger partial charge in [0.15, 0.2) is 0 Å². The van der Waals surface area contributed by atoms with E-state index < -0.39 is 17.2 Å². The molecule has 1 aromatic heterocycles. The van der Waals surface area contributed by atoms with Crippen LogP contribution in [0.25, 0.3) is 17.2 Å². The third-order valence-corrected chi connectivity index (χ3v) is 6.70. The van der Waals surface area contributed by atoms with E-state index in [0.29, 0.717) is 6.42 Å². The lowest BCUT2D eigenvalue weighted by Gasteiger charge is -2.34. The van der Waals surface area contributed by atoms with Crippen LogP contribution in [0, 0.1) is 17.6 Å². The highest BCUT2D eigenvalue weighted by molar-refractivity contribution is 5.78. The average Bonchev–Trinajstić information content (AvgIpc) is 3.45. The van der Waals surface area contributed by atoms with Crippen LogP contribution in [-0.2, 0) is 18.6 Å². The van der Waals surface area contributed by atoms with Gasteiger partial charge in [0.2, 0.25) is 0 Å². The van der Waals surface area contributed by atoms with Gasteiger partial charge in [0.1, 0.15) is 29.9 Å². The maximum atomic E-state index is 14.7. The van der Waals surface area contributed by atoms with Crippen molar-refractivity contribution in [2.24, 2.45) is 5.92 Å². The Balaban J connectivity index is 1.37. The SMILES string of the molecule is C[C@@H](C/C=C/c1ccc2c(c1)Cc1ccccc1-2)[C@](O)(Cn1cncn1)c1ccc(F)cc1F. The van der Waals surface area contributed by atoms with E-state index in [4.69, 9.17) is 0 Å². The van der Waals surface area contributed by atoms with Crippen LogP contribution >= 0.6 is 0 Å². The molecule has 4 nitrogen and oxygen atoms in total. The van der Waals surface area contributed by atoms with Crippen molar-refractivity contribution in [2.45, 2.75) is 31.9 Å². The van der Waals surface area contributed by atoms with E-state index in [1.54, 1.807) is 0 Å². The second kappa shape index (κ2) is 8.95. The van der Waals surface area contributed by atoms with Crippen molar-refractivity contribution in [3.8, 4) is 11.1 Å². The zero-order valence-corrected chi connectivity index (χ0v) is 18.8. The molecule has 4 aromatic rings. The maximum absolute atomic E-state index is 14.7. The Bertz CT molecular complexity index is 1350. The molecule has 0 saturated heterocycles. The number of rotatable bonds is 7. The van der Waals surface area contributed by atoms with Crippen LogP contribution in [0.5, 0.6) is 0 Å². The summed E-state index contributed by atoms with van der Waals surface area (Å²) in [5.41, 5.74) is 4.72. The van der Waals surface area contributed by atoms with Crippen molar-refractivity contribution in [2.75, 3.05) is 0 Å². The van der Waals surface area contributed by atoms with Gasteiger partial charge in [-0.15, -0.1) is 0 Å². The number of allylic oxidation sites excluding steroid dienone is 1. The lowest BCUT2D eigenvalue weighted by molar-refractivity contribution is -0.0379. The number of halogens is 2. The number of fused-ring (bicyclic) bond motifs is 3. The fourth-order valence-corrected chi connectivity index (χ4v) is 4.78. The van der Waals surface area contributed by atoms with Crippen LogP contribution in [0.2, 0.25) is 0 Å². The molecule has 0 unspecified atom stereocenters. The van der Waals surface area contributed by atoms with Gasteiger partial charge in [-0.3, -0.25) is 0 Å². The molecule has 1 aliphatic carbocycles. The van der Waals surface area contributed by atoms with Gasteiger partial charge in [-0.05, 0) is 52.6 Å². The molecular formula is C28H25F2N3O. The van der Waals surface area contributed by atoms with Crippen molar-refractivity contribution < 1.29 is 13.9 Å². The van der Waals surface area contributed by atoms with Crippen molar-refractivity contribution in [1.29, 1.82) is 0 Å². The Morgan fingerprint density at radius 3 is 2.68 bits per heavy atom. The molecule has 0 saturated carbocycles. The van der Waals surface area contributed by atoms with Crippen molar-refractivity contribution in [3.05, 3.63) is 113 Å². The summed E-state index contributed by atoms with van der Waals surface area (Å²) in [5.74, 6) is -1.85. The van der Waals surface area contributed by atoms with Crippen LogP contribution in [0.4, 0.5) is 8.78 Å². The quantitative estimate of drug-likeness (QED) is 0.338. The van der Waals surface area contributed by atoms with Crippen LogP contribution in [-0.4, -0.2) is 19.9 Å². The van der Waals surface area contributed by atoms with Crippen molar-refractivity contribution in [3.63, 3.8) is 0 Å². The molecule has 0 spiro atoms. The summed E-state index contributed by atoms with van der Waals surface area (Å²) in [4.78, 5) is 3.91. The van der Waals surface area contributed by atoms with Gasteiger partial charge >= 0.3 is 0 Å². The Morgan fingerprint density at radius 1 is 1.06 bits per heavy atom. The standard InChI is InChI=1S/C28H25F2N3O/c1-19(28(34,16-33-18-31-17-32-33)26-12-10-23(29)15-27(26)30)5-4-6-20-9-11-25-22(13-20)14-21-7-2-3-8-24(21)25/h2-4,6-13,15,17-19,34H,5,14,16H2,1H3/b6-4+/t19-,28+/m0/s1. The molecule has 0 amide bonds. The van der Waals surface area contributed by atoms with Gasteiger partial charge in [-0.1, -0.05) is 67.6 Å². The first kappa shape index (κ1) is 22.2. The first-order valence-electron chi connectivity index (χ1n) is 11.3. The molecule has 1 aliphatic rings. The molecular weight excluding hydrogens is 432 g/mol. The number of nitrogens with zero attached hydrogens (tertiary/aromatic N) is 3. The summed E-state index contributed by atoms with van der Waals surface area (Å²) in [6.07, 6.45) is 8.25. The maximum Gasteiger partial charge on any atom is 0.137 e. The van der Waals surface area contributed by atoms with E-state index in [-0.39, 0.29) is 18.0 Å².